The van der Waals surface area contributed by atoms with E-state index in [-0.39, 0.29) is 41.9 Å². The van der Waals surface area contributed by atoms with E-state index in [1.807, 2.05) is 145 Å². The van der Waals surface area contributed by atoms with Gasteiger partial charge in [-0.1, -0.05) is 60.1 Å². The summed E-state index contributed by atoms with van der Waals surface area (Å²) >= 11 is 6.67. The topological polar surface area (TPSA) is 193 Å². The molecule has 74 heavy (non-hydrogen) atoms. The predicted molar refractivity (Wildman–Crippen MR) is 293 cm³/mol. The van der Waals surface area contributed by atoms with E-state index in [4.69, 9.17) is 21.1 Å². The van der Waals surface area contributed by atoms with Crippen LogP contribution >= 0.6 is 11.6 Å². The molecule has 4 aromatic heterocycles. The molecule has 8 aromatic rings. The van der Waals surface area contributed by atoms with E-state index >= 15 is 0 Å². The highest BCUT2D eigenvalue weighted by molar-refractivity contribution is 6.32. The number of aromatic amines is 2. The van der Waals surface area contributed by atoms with E-state index < -0.39 is 17.3 Å². The van der Waals surface area contributed by atoms with Crippen molar-refractivity contribution in [3.8, 4) is 22.5 Å². The Morgan fingerprint density at radius 3 is 1.92 bits per heavy atom. The maximum atomic E-state index is 13.5. The zero-order valence-electron chi connectivity index (χ0n) is 42.7. The number of pyridine rings is 2. The minimum absolute atomic E-state index is 0. The molecule has 2 aliphatic rings. The van der Waals surface area contributed by atoms with Crippen molar-refractivity contribution in [1.29, 1.82) is 0 Å². The van der Waals surface area contributed by atoms with Crippen LogP contribution in [0.5, 0.6) is 0 Å². The Kier molecular flexibility index (Phi) is 15.0. The summed E-state index contributed by atoms with van der Waals surface area (Å²) in [4.78, 5) is 76.4. The Balaban J connectivity index is 0.000000210. The number of benzene rings is 4. The van der Waals surface area contributed by atoms with Crippen molar-refractivity contribution in [3.05, 3.63) is 136 Å². The zero-order chi connectivity index (χ0) is 52.3. The van der Waals surface area contributed by atoms with Gasteiger partial charge in [0.1, 0.15) is 16.4 Å². The van der Waals surface area contributed by atoms with Gasteiger partial charge in [-0.15, -0.1) is 0 Å². The summed E-state index contributed by atoms with van der Waals surface area (Å²) in [5.74, 6) is 0.0114. The maximum Gasteiger partial charge on any atom is 0.419 e. The monoisotopic (exact) mass is 1020 g/mol. The summed E-state index contributed by atoms with van der Waals surface area (Å²) in [5.41, 5.74) is 6.33. The van der Waals surface area contributed by atoms with Gasteiger partial charge in [0.05, 0.1) is 28.0 Å². The van der Waals surface area contributed by atoms with Crippen LogP contribution in [0.4, 0.5) is 9.59 Å². The molecule has 2 fully saturated rings. The van der Waals surface area contributed by atoms with Crippen LogP contribution in [0, 0.1) is 11.8 Å². The van der Waals surface area contributed by atoms with Gasteiger partial charge >= 0.3 is 12.2 Å². The summed E-state index contributed by atoms with van der Waals surface area (Å²) in [6.45, 7) is 14.6. The molecular weight excluding hydrogens is 956 g/mol. The molecule has 15 nitrogen and oxygen atoms in total. The van der Waals surface area contributed by atoms with Crippen LogP contribution in [0.2, 0.25) is 5.15 Å². The first-order valence-corrected chi connectivity index (χ1v) is 25.6. The average Bonchev–Trinajstić information content (AvgIpc) is 3.98. The van der Waals surface area contributed by atoms with Crippen molar-refractivity contribution in [3.63, 3.8) is 0 Å². The average molecular weight is 1020 g/mol. The third-order valence-corrected chi connectivity index (χ3v) is 13.6. The van der Waals surface area contributed by atoms with Gasteiger partial charge in [-0.2, -0.15) is 0 Å². The minimum Gasteiger partial charge on any atom is -0.444 e. The van der Waals surface area contributed by atoms with Crippen molar-refractivity contribution in [1.82, 2.24) is 40.4 Å². The van der Waals surface area contributed by atoms with Crippen LogP contribution in [0.25, 0.3) is 66.1 Å². The smallest absolute Gasteiger partial charge is 0.419 e. The molecule has 2 saturated heterocycles. The summed E-state index contributed by atoms with van der Waals surface area (Å²) < 4.78 is 12.8. The first kappa shape index (κ1) is 51.4. The lowest BCUT2D eigenvalue weighted by atomic mass is 9.96. The van der Waals surface area contributed by atoms with E-state index in [9.17, 15) is 24.0 Å². The molecule has 0 saturated carbocycles. The van der Waals surface area contributed by atoms with Crippen LogP contribution in [-0.2, 0) is 32.2 Å². The molecule has 2 aliphatic heterocycles. The van der Waals surface area contributed by atoms with Crippen LogP contribution < -0.4 is 21.5 Å². The fraction of sp³-hybridized carbons (Fsp3) is 0.345. The Morgan fingerprint density at radius 1 is 0.649 bits per heavy atom. The van der Waals surface area contributed by atoms with Crippen LogP contribution in [0.15, 0.2) is 114 Å². The number of likely N-dealkylation sites (tertiary alicyclic amines) is 1. The Bertz CT molecular complexity index is 3470. The molecule has 0 unspecified atom stereocenters. The number of hydrogen-bond acceptors (Lipinski definition) is 9. The fourth-order valence-electron chi connectivity index (χ4n) is 9.54. The summed E-state index contributed by atoms with van der Waals surface area (Å²) in [5, 5.41) is 13.4. The van der Waals surface area contributed by atoms with Gasteiger partial charge in [-0.05, 0) is 157 Å². The number of para-hydroxylation sites is 2. The summed E-state index contributed by atoms with van der Waals surface area (Å²) in [7, 11) is 0. The predicted octanol–water partition coefficient (Wildman–Crippen LogP) is 11.1. The van der Waals surface area contributed by atoms with Gasteiger partial charge in [-0.3, -0.25) is 14.4 Å². The number of piperidine rings is 2. The van der Waals surface area contributed by atoms with Crippen molar-refractivity contribution < 1.29 is 30.1 Å². The molecule has 16 heteroatoms. The number of carbonyl (C=O) groups excluding carboxylic acids is 4. The second kappa shape index (κ2) is 21.5. The van der Waals surface area contributed by atoms with Gasteiger partial charge in [0, 0.05) is 72.2 Å². The van der Waals surface area contributed by atoms with Crippen molar-refractivity contribution >= 4 is 79.2 Å². The van der Waals surface area contributed by atoms with Gasteiger partial charge in [0.25, 0.3) is 5.56 Å². The van der Waals surface area contributed by atoms with Crippen LogP contribution in [0.1, 0.15) is 79.8 Å². The van der Waals surface area contributed by atoms with Crippen molar-refractivity contribution in [2.24, 2.45) is 11.8 Å². The number of halogens is 1. The number of ether oxygens (including phenoxy) is 2. The highest BCUT2D eigenvalue weighted by atomic mass is 35.5. The second-order valence-corrected chi connectivity index (χ2v) is 21.5. The van der Waals surface area contributed by atoms with Gasteiger partial charge in [-0.25, -0.2) is 19.1 Å². The molecule has 0 atom stereocenters. The van der Waals surface area contributed by atoms with Gasteiger partial charge < -0.3 is 40.3 Å². The maximum absolute atomic E-state index is 13.5. The first-order chi connectivity index (χ1) is 35.4. The van der Waals surface area contributed by atoms with E-state index in [0.29, 0.717) is 61.4 Å². The largest absolute Gasteiger partial charge is 0.444 e. The van der Waals surface area contributed by atoms with Crippen molar-refractivity contribution in [2.45, 2.75) is 91.5 Å². The molecule has 10 rings (SSSR count). The lowest BCUT2D eigenvalue weighted by molar-refractivity contribution is -0.127. The molecule has 4 aromatic carbocycles. The first-order valence-electron chi connectivity index (χ1n) is 25.3. The normalized spacial score (nSPS) is 14.7. The SMILES string of the molecule is CC(C)(C)OC(=O)N1CCC(C(=O)NCc2ccc3c(c2)cc(-c2cc4ccccc4nc2Cl)n3C(=O)OC(C)(C)C)CC1.O=C(NCc1ccc2[nH]c(-c3cc4ccccc4[nH]c3=O)cc2c1)C1CCNCC1.[2HH]. The number of hydrogen-bond donors (Lipinski definition) is 5. The molecular formula is C58H65ClN8O7. The number of nitrogens with zero attached hydrogens (tertiary/aromatic N) is 3. The second-order valence-electron chi connectivity index (χ2n) is 21.2. The number of carbonyl (C=O) groups is 4. The lowest BCUT2D eigenvalue weighted by Gasteiger charge is -2.32. The molecule has 0 radical (unpaired) electrons. The Hall–Kier alpha value is -7.49. The Labute approximate surface area is 435 Å². The number of nitrogens with one attached hydrogen (secondary N) is 5. The number of H-pyrrole nitrogens is 2. The third kappa shape index (κ3) is 12.1. The summed E-state index contributed by atoms with van der Waals surface area (Å²) in [6.07, 6.45) is 2.08. The van der Waals surface area contributed by atoms with Crippen molar-refractivity contribution in [2.75, 3.05) is 26.2 Å². The van der Waals surface area contributed by atoms with E-state index in [1.54, 1.807) is 4.90 Å². The molecule has 3 amide bonds. The molecule has 6 heterocycles. The minimum atomic E-state index is -0.705. The molecule has 0 bridgehead atoms. The number of aromatic nitrogens is 4. The number of fused-ring (bicyclic) bond motifs is 4. The zero-order valence-corrected chi connectivity index (χ0v) is 43.5. The number of amides is 3. The van der Waals surface area contributed by atoms with Gasteiger partial charge in [0.2, 0.25) is 11.8 Å². The molecule has 386 valence electrons. The van der Waals surface area contributed by atoms with E-state index in [1.165, 1.54) is 4.57 Å². The van der Waals surface area contributed by atoms with Gasteiger partial charge in [0.15, 0.2) is 0 Å². The molecule has 5 N–H and O–H groups in total. The molecule has 0 spiro atoms. The molecule has 0 aliphatic carbocycles. The third-order valence-electron chi connectivity index (χ3n) is 13.3. The lowest BCUT2D eigenvalue weighted by Crippen LogP contribution is -2.44. The standard InChI is InChI=1S/C34H39ClN4O5.C24H24N4O2.H2/c1-33(2,3)43-31(41)38-15-13-22(14-16-38)30(40)36-20-21-11-12-27-24(17-21)19-28(39(27)32(42)44-34(4,5)6)25-18-23-9-7-8-10-26(23)37-29(25)35;29-23(16-7-9-25-10-8-16)26-14-15-5-6-21-18(11-15)13-22(27-21)19-12-17-3-1-2-4-20(17)28-24(19)30;/h7-12,17-19,22H,13-16,20H2,1-6H3,(H,36,40);1-6,11-13,16,25,27H,7-10,14H2,(H,26,29)(H,28,30);1H/i;;1+1. The van der Waals surface area contributed by atoms with Crippen LogP contribution in [-0.4, -0.2) is 85.8 Å². The summed E-state index contributed by atoms with van der Waals surface area (Å²) in [6, 6.07) is 34.9. The van der Waals surface area contributed by atoms with Crippen LogP contribution in [0.3, 0.4) is 0 Å². The highest BCUT2D eigenvalue weighted by Crippen LogP contribution is 2.36. The Morgan fingerprint density at radius 2 is 1.23 bits per heavy atom. The quantitative estimate of drug-likeness (QED) is 0.0921. The highest BCUT2D eigenvalue weighted by Gasteiger charge is 2.30. The van der Waals surface area contributed by atoms with E-state index in [2.05, 4.69) is 37.0 Å². The fourth-order valence-corrected chi connectivity index (χ4v) is 9.78. The number of rotatable bonds is 8. The van der Waals surface area contributed by atoms with E-state index in [0.717, 1.165) is 80.8 Å².